The van der Waals surface area contributed by atoms with E-state index in [1.54, 1.807) is 19.1 Å². The zero-order valence-corrected chi connectivity index (χ0v) is 17.3. The van der Waals surface area contributed by atoms with E-state index in [1.165, 1.54) is 33.5 Å². The molecule has 0 heterocycles. The van der Waals surface area contributed by atoms with Gasteiger partial charge < -0.3 is 24.3 Å². The molecule has 0 fully saturated rings. The second-order valence-electron chi connectivity index (χ2n) is 6.12. The molecule has 0 saturated carbocycles. The summed E-state index contributed by atoms with van der Waals surface area (Å²) in [6.07, 6.45) is 0. The fraction of sp³-hybridized carbons (Fsp3) is 0.273. The standard InChI is InChI=1S/C22H24FNO6/c1-6-30-22(26)13(2)20(14-8-7-9-17(25)16(23)10-14)24-15-11-18(27-3)21(29-5)19(12-15)28-4/h7-12,20,24H,2,6H2,1,3-5H3. The number of benzene rings is 1. The lowest BCUT2D eigenvalue weighted by Gasteiger charge is -2.23. The molecule has 8 heteroatoms. The van der Waals surface area contributed by atoms with Crippen LogP contribution in [0.2, 0.25) is 0 Å². The first kappa shape index (κ1) is 22.7. The van der Waals surface area contributed by atoms with Crippen LogP contribution in [-0.4, -0.2) is 33.9 Å². The Balaban J connectivity index is 2.58. The molecule has 0 saturated heterocycles. The lowest BCUT2D eigenvalue weighted by atomic mass is 10.0. The number of ether oxygens (including phenoxy) is 4. The third-order valence-electron chi connectivity index (χ3n) is 4.26. The molecule has 0 bridgehead atoms. The third kappa shape index (κ3) is 5.08. The fourth-order valence-electron chi connectivity index (χ4n) is 2.82. The summed E-state index contributed by atoms with van der Waals surface area (Å²) in [6.45, 7) is 5.63. The summed E-state index contributed by atoms with van der Waals surface area (Å²) >= 11 is 0. The Morgan fingerprint density at radius 2 is 1.73 bits per heavy atom. The third-order valence-corrected chi connectivity index (χ3v) is 4.26. The van der Waals surface area contributed by atoms with Crippen LogP contribution in [0, 0.1) is 5.82 Å². The van der Waals surface area contributed by atoms with Gasteiger partial charge in [-0.05, 0) is 24.6 Å². The summed E-state index contributed by atoms with van der Waals surface area (Å²) in [5, 5.41) is 3.11. The van der Waals surface area contributed by atoms with Gasteiger partial charge in [-0.1, -0.05) is 18.7 Å². The lowest BCUT2D eigenvalue weighted by molar-refractivity contribution is -0.138. The fourth-order valence-corrected chi connectivity index (χ4v) is 2.82. The van der Waals surface area contributed by atoms with Crippen molar-refractivity contribution in [1.29, 1.82) is 0 Å². The largest absolute Gasteiger partial charge is 0.493 e. The highest BCUT2D eigenvalue weighted by molar-refractivity contribution is 5.90. The number of rotatable bonds is 9. The Morgan fingerprint density at radius 1 is 1.10 bits per heavy atom. The van der Waals surface area contributed by atoms with Gasteiger partial charge in [-0.15, -0.1) is 0 Å². The minimum atomic E-state index is -0.955. The number of hydrogen-bond donors (Lipinski definition) is 1. The van der Waals surface area contributed by atoms with Crippen molar-refractivity contribution in [2.75, 3.05) is 33.3 Å². The normalized spacial score (nSPS) is 11.2. The van der Waals surface area contributed by atoms with Gasteiger partial charge in [-0.2, -0.15) is 0 Å². The average molecular weight is 417 g/mol. The Bertz CT molecular complexity index is 966. The zero-order valence-electron chi connectivity index (χ0n) is 17.3. The van der Waals surface area contributed by atoms with Crippen LogP contribution in [0.3, 0.4) is 0 Å². The van der Waals surface area contributed by atoms with Gasteiger partial charge in [0.25, 0.3) is 0 Å². The highest BCUT2D eigenvalue weighted by Crippen LogP contribution is 2.41. The topological polar surface area (TPSA) is 83.1 Å². The van der Waals surface area contributed by atoms with Gasteiger partial charge in [0.15, 0.2) is 17.3 Å². The second kappa shape index (κ2) is 10.3. The van der Waals surface area contributed by atoms with E-state index in [-0.39, 0.29) is 12.2 Å². The Labute approximate surface area is 174 Å². The van der Waals surface area contributed by atoms with Gasteiger partial charge in [-0.25, -0.2) is 9.18 Å². The van der Waals surface area contributed by atoms with Crippen molar-refractivity contribution in [3.63, 3.8) is 0 Å². The van der Waals surface area contributed by atoms with Crippen LogP contribution in [0.25, 0.3) is 0 Å². The number of anilines is 1. The summed E-state index contributed by atoms with van der Waals surface area (Å²) in [5.41, 5.74) is 0.0498. The lowest BCUT2D eigenvalue weighted by Crippen LogP contribution is -2.20. The van der Waals surface area contributed by atoms with Gasteiger partial charge in [-0.3, -0.25) is 4.79 Å². The first-order valence-electron chi connectivity index (χ1n) is 9.08. The van der Waals surface area contributed by atoms with Crippen molar-refractivity contribution in [3.05, 3.63) is 70.2 Å². The second-order valence-corrected chi connectivity index (χ2v) is 6.12. The minimum absolute atomic E-state index is 0.0312. The molecular weight excluding hydrogens is 393 g/mol. The molecule has 30 heavy (non-hydrogen) atoms. The molecule has 160 valence electrons. The molecule has 2 rings (SSSR count). The van der Waals surface area contributed by atoms with Crippen LogP contribution in [0.1, 0.15) is 18.5 Å². The van der Waals surface area contributed by atoms with Crippen LogP contribution < -0.4 is 25.0 Å². The van der Waals surface area contributed by atoms with Crippen molar-refractivity contribution in [2.24, 2.45) is 0 Å². The monoisotopic (exact) mass is 417 g/mol. The van der Waals surface area contributed by atoms with Gasteiger partial charge in [0.05, 0.1) is 39.6 Å². The van der Waals surface area contributed by atoms with E-state index in [2.05, 4.69) is 11.9 Å². The van der Waals surface area contributed by atoms with Gasteiger partial charge >= 0.3 is 5.97 Å². The van der Waals surface area contributed by atoms with Crippen molar-refractivity contribution in [2.45, 2.75) is 13.0 Å². The Morgan fingerprint density at radius 3 is 2.27 bits per heavy atom. The molecule has 7 nitrogen and oxygen atoms in total. The molecule has 0 aliphatic carbocycles. The molecule has 1 unspecified atom stereocenters. The number of hydrogen-bond acceptors (Lipinski definition) is 7. The summed E-state index contributed by atoms with van der Waals surface area (Å²) in [6, 6.07) is 7.45. The van der Waals surface area contributed by atoms with Crippen LogP contribution in [0.5, 0.6) is 17.2 Å². The van der Waals surface area contributed by atoms with Gasteiger partial charge in [0.2, 0.25) is 11.2 Å². The SMILES string of the molecule is C=C(C(=O)OCC)C(Nc1cc(OC)c(OC)c(OC)c1)c1cccc(=O)c(F)c1. The average Bonchev–Trinajstić information content (AvgIpc) is 2.91. The molecule has 0 radical (unpaired) electrons. The van der Waals surface area contributed by atoms with E-state index in [0.717, 1.165) is 12.1 Å². The van der Waals surface area contributed by atoms with Crippen LogP contribution in [-0.2, 0) is 9.53 Å². The molecule has 2 aromatic carbocycles. The van der Waals surface area contributed by atoms with E-state index in [0.29, 0.717) is 28.5 Å². The van der Waals surface area contributed by atoms with Crippen molar-refractivity contribution >= 4 is 11.7 Å². The molecule has 1 atom stereocenters. The summed E-state index contributed by atoms with van der Waals surface area (Å²) in [7, 11) is 4.42. The zero-order chi connectivity index (χ0) is 22.3. The van der Waals surface area contributed by atoms with Gasteiger partial charge in [0.1, 0.15) is 0 Å². The maximum atomic E-state index is 14.1. The van der Waals surface area contributed by atoms with Crippen molar-refractivity contribution < 1.29 is 28.1 Å². The highest BCUT2D eigenvalue weighted by atomic mass is 19.1. The molecule has 0 aliphatic rings. The number of carbonyl (C=O) groups excluding carboxylic acids is 1. The summed E-state index contributed by atoms with van der Waals surface area (Å²) < 4.78 is 35.2. The highest BCUT2D eigenvalue weighted by Gasteiger charge is 2.24. The number of halogens is 1. The molecule has 1 N–H and O–H groups in total. The van der Waals surface area contributed by atoms with Gasteiger partial charge in [0, 0.05) is 17.8 Å². The molecule has 0 aromatic heterocycles. The van der Waals surface area contributed by atoms with E-state index in [9.17, 15) is 14.0 Å². The Kier molecular flexibility index (Phi) is 7.80. The number of carbonyl (C=O) groups is 1. The van der Waals surface area contributed by atoms with Crippen molar-refractivity contribution in [3.8, 4) is 17.2 Å². The van der Waals surface area contributed by atoms with Crippen LogP contribution in [0.15, 0.2) is 53.3 Å². The molecule has 0 amide bonds. The van der Waals surface area contributed by atoms with E-state index >= 15 is 0 Å². The summed E-state index contributed by atoms with van der Waals surface area (Å²) in [5.74, 6) is -0.461. The molecular formula is C22H24FNO6. The number of nitrogens with one attached hydrogen (secondary N) is 1. The maximum absolute atomic E-state index is 14.1. The number of methoxy groups -OCH3 is 3. The van der Waals surface area contributed by atoms with Crippen LogP contribution >= 0.6 is 0 Å². The van der Waals surface area contributed by atoms with E-state index in [1.807, 2.05) is 0 Å². The molecule has 0 spiro atoms. The van der Waals surface area contributed by atoms with E-state index in [4.69, 9.17) is 18.9 Å². The Hall–Kier alpha value is -3.55. The first-order chi connectivity index (χ1) is 14.4. The minimum Gasteiger partial charge on any atom is -0.493 e. The maximum Gasteiger partial charge on any atom is 0.335 e. The van der Waals surface area contributed by atoms with Crippen LogP contribution in [0.4, 0.5) is 10.1 Å². The number of esters is 1. The molecule has 2 aromatic rings. The predicted octanol–water partition coefficient (Wildman–Crippen LogP) is 3.48. The van der Waals surface area contributed by atoms with Crippen molar-refractivity contribution in [1.82, 2.24) is 0 Å². The smallest absolute Gasteiger partial charge is 0.335 e. The predicted molar refractivity (Wildman–Crippen MR) is 111 cm³/mol. The summed E-state index contributed by atoms with van der Waals surface area (Å²) in [4.78, 5) is 24.0. The molecule has 0 aliphatic heterocycles. The quantitative estimate of drug-likeness (QED) is 0.494. The first-order valence-corrected chi connectivity index (χ1v) is 9.08. The van der Waals surface area contributed by atoms with E-state index < -0.39 is 23.3 Å².